The number of carbonyl (C=O) groups is 1. The molecular formula is C13H17FN2O. The first-order chi connectivity index (χ1) is 8.22. The summed E-state index contributed by atoms with van der Waals surface area (Å²) in [6.45, 7) is 1.51. The maximum absolute atomic E-state index is 13.2. The summed E-state index contributed by atoms with van der Waals surface area (Å²) < 4.78 is 13.2. The second kappa shape index (κ2) is 5.27. The Labute approximate surface area is 101 Å². The molecular weight excluding hydrogens is 219 g/mol. The third-order valence-corrected chi connectivity index (χ3v) is 3.06. The van der Waals surface area contributed by atoms with Crippen molar-refractivity contribution in [1.82, 2.24) is 5.32 Å². The van der Waals surface area contributed by atoms with E-state index >= 15 is 0 Å². The van der Waals surface area contributed by atoms with Gasteiger partial charge in [0.15, 0.2) is 0 Å². The molecule has 1 aliphatic heterocycles. The van der Waals surface area contributed by atoms with Gasteiger partial charge in [0.05, 0.1) is 0 Å². The van der Waals surface area contributed by atoms with Crippen molar-refractivity contribution < 1.29 is 9.18 Å². The van der Waals surface area contributed by atoms with Gasteiger partial charge in [-0.2, -0.15) is 0 Å². The number of fused-ring (bicyclic) bond motifs is 1. The monoisotopic (exact) mass is 236 g/mol. The van der Waals surface area contributed by atoms with Crippen molar-refractivity contribution in [3.63, 3.8) is 0 Å². The number of carbonyl (C=O) groups excluding carboxylic acids is 1. The van der Waals surface area contributed by atoms with Gasteiger partial charge in [0.2, 0.25) is 5.91 Å². The summed E-state index contributed by atoms with van der Waals surface area (Å²) >= 11 is 0. The van der Waals surface area contributed by atoms with Crippen molar-refractivity contribution >= 4 is 11.6 Å². The van der Waals surface area contributed by atoms with Crippen molar-refractivity contribution in [2.24, 2.45) is 0 Å². The number of benzene rings is 1. The molecule has 1 heterocycles. The molecule has 0 aromatic heterocycles. The number of hydrogen-bond acceptors (Lipinski definition) is 2. The third kappa shape index (κ3) is 2.64. The van der Waals surface area contributed by atoms with Crippen LogP contribution in [-0.2, 0) is 11.2 Å². The van der Waals surface area contributed by atoms with E-state index in [1.54, 1.807) is 11.0 Å². The van der Waals surface area contributed by atoms with Crippen LogP contribution in [0.3, 0.4) is 0 Å². The molecule has 1 amide bonds. The second-order valence-corrected chi connectivity index (χ2v) is 4.28. The van der Waals surface area contributed by atoms with Crippen molar-refractivity contribution in [3.05, 3.63) is 29.6 Å². The Kier molecular flexibility index (Phi) is 3.74. The molecule has 0 spiro atoms. The zero-order chi connectivity index (χ0) is 12.3. The van der Waals surface area contributed by atoms with E-state index in [4.69, 9.17) is 0 Å². The van der Waals surface area contributed by atoms with Gasteiger partial charge in [-0.3, -0.25) is 4.79 Å². The van der Waals surface area contributed by atoms with Gasteiger partial charge in [0.1, 0.15) is 5.82 Å². The highest BCUT2D eigenvalue weighted by molar-refractivity contribution is 5.95. The van der Waals surface area contributed by atoms with Gasteiger partial charge in [0.25, 0.3) is 0 Å². The number of nitrogens with one attached hydrogen (secondary N) is 1. The van der Waals surface area contributed by atoms with Crippen molar-refractivity contribution in [2.75, 3.05) is 25.0 Å². The van der Waals surface area contributed by atoms with Crippen LogP contribution in [0, 0.1) is 5.82 Å². The number of halogens is 1. The molecule has 1 aliphatic rings. The lowest BCUT2D eigenvalue weighted by Gasteiger charge is -2.17. The molecule has 0 bridgehead atoms. The number of nitrogens with zero attached hydrogens (tertiary/aromatic N) is 1. The molecule has 3 nitrogen and oxygen atoms in total. The number of hydrogen-bond donors (Lipinski definition) is 1. The van der Waals surface area contributed by atoms with E-state index in [0.717, 1.165) is 30.6 Å². The van der Waals surface area contributed by atoms with Crippen LogP contribution in [-0.4, -0.2) is 26.0 Å². The number of rotatable bonds is 4. The first kappa shape index (κ1) is 12.0. The number of amides is 1. The summed E-state index contributed by atoms with van der Waals surface area (Å²) in [5.41, 5.74) is 1.81. The molecule has 0 fully saturated rings. The van der Waals surface area contributed by atoms with E-state index in [9.17, 15) is 9.18 Å². The molecule has 1 aromatic carbocycles. The Bertz CT molecular complexity index is 420. The second-order valence-electron chi connectivity index (χ2n) is 4.28. The lowest BCUT2D eigenvalue weighted by atomic mass is 10.1. The van der Waals surface area contributed by atoms with Crippen molar-refractivity contribution in [3.8, 4) is 0 Å². The van der Waals surface area contributed by atoms with Gasteiger partial charge in [-0.05, 0) is 44.1 Å². The standard InChI is InChI=1S/C13H17FN2O/c1-15-7-2-3-13(17)16-8-6-10-4-5-11(14)9-12(10)16/h4-5,9,15H,2-3,6-8H2,1H3. The highest BCUT2D eigenvalue weighted by Crippen LogP contribution is 2.29. The fourth-order valence-corrected chi connectivity index (χ4v) is 2.16. The largest absolute Gasteiger partial charge is 0.320 e. The zero-order valence-corrected chi connectivity index (χ0v) is 10.0. The van der Waals surface area contributed by atoms with Crippen LogP contribution < -0.4 is 10.2 Å². The topological polar surface area (TPSA) is 32.3 Å². The molecule has 4 heteroatoms. The van der Waals surface area contributed by atoms with Gasteiger partial charge in [-0.1, -0.05) is 6.07 Å². The maximum atomic E-state index is 13.2. The van der Waals surface area contributed by atoms with Crippen LogP contribution >= 0.6 is 0 Å². The Morgan fingerprint density at radius 2 is 2.35 bits per heavy atom. The zero-order valence-electron chi connectivity index (χ0n) is 10.0. The maximum Gasteiger partial charge on any atom is 0.227 e. The van der Waals surface area contributed by atoms with Crippen LogP contribution in [0.5, 0.6) is 0 Å². The molecule has 0 aliphatic carbocycles. The van der Waals surface area contributed by atoms with E-state index in [1.807, 2.05) is 7.05 Å². The minimum Gasteiger partial charge on any atom is -0.320 e. The smallest absolute Gasteiger partial charge is 0.227 e. The molecule has 0 atom stereocenters. The summed E-state index contributed by atoms with van der Waals surface area (Å²) in [6, 6.07) is 4.68. The molecule has 1 N–H and O–H groups in total. The SMILES string of the molecule is CNCCCC(=O)N1CCc2ccc(F)cc21. The Morgan fingerprint density at radius 1 is 1.53 bits per heavy atom. The minimum absolute atomic E-state index is 0.0876. The first-order valence-electron chi connectivity index (χ1n) is 5.96. The summed E-state index contributed by atoms with van der Waals surface area (Å²) in [6.07, 6.45) is 2.15. The summed E-state index contributed by atoms with van der Waals surface area (Å²) in [4.78, 5) is 13.7. The fraction of sp³-hybridized carbons (Fsp3) is 0.462. The molecule has 0 radical (unpaired) electrons. The van der Waals surface area contributed by atoms with Gasteiger partial charge in [-0.15, -0.1) is 0 Å². The minimum atomic E-state index is -0.279. The van der Waals surface area contributed by atoms with Crippen molar-refractivity contribution in [1.29, 1.82) is 0 Å². The average molecular weight is 236 g/mol. The molecule has 0 saturated heterocycles. The van der Waals surface area contributed by atoms with E-state index in [-0.39, 0.29) is 11.7 Å². The average Bonchev–Trinajstić information content (AvgIpc) is 2.72. The predicted molar refractivity (Wildman–Crippen MR) is 65.6 cm³/mol. The van der Waals surface area contributed by atoms with E-state index < -0.39 is 0 Å². The van der Waals surface area contributed by atoms with Gasteiger partial charge in [0, 0.05) is 18.7 Å². The van der Waals surface area contributed by atoms with Crippen LogP contribution in [0.1, 0.15) is 18.4 Å². The highest BCUT2D eigenvalue weighted by Gasteiger charge is 2.24. The van der Waals surface area contributed by atoms with Crippen LogP contribution in [0.4, 0.5) is 10.1 Å². The van der Waals surface area contributed by atoms with Gasteiger partial charge in [-0.25, -0.2) is 4.39 Å². The normalized spacial score (nSPS) is 13.9. The third-order valence-electron chi connectivity index (χ3n) is 3.06. The molecule has 0 saturated carbocycles. The number of anilines is 1. The summed E-state index contributed by atoms with van der Waals surface area (Å²) in [7, 11) is 1.87. The van der Waals surface area contributed by atoms with E-state index in [2.05, 4.69) is 5.32 Å². The summed E-state index contributed by atoms with van der Waals surface area (Å²) in [5, 5.41) is 3.01. The van der Waals surface area contributed by atoms with Crippen molar-refractivity contribution in [2.45, 2.75) is 19.3 Å². The molecule has 1 aromatic rings. The lowest BCUT2D eigenvalue weighted by molar-refractivity contribution is -0.118. The summed E-state index contributed by atoms with van der Waals surface area (Å²) in [5.74, 6) is -0.191. The molecule has 0 unspecified atom stereocenters. The van der Waals surface area contributed by atoms with Crippen LogP contribution in [0.25, 0.3) is 0 Å². The molecule has 92 valence electrons. The van der Waals surface area contributed by atoms with Crippen LogP contribution in [0.2, 0.25) is 0 Å². The Hall–Kier alpha value is -1.42. The Balaban J connectivity index is 2.05. The van der Waals surface area contributed by atoms with Gasteiger partial charge < -0.3 is 10.2 Å². The predicted octanol–water partition coefficient (Wildman–Crippen LogP) is 1.71. The first-order valence-corrected chi connectivity index (χ1v) is 5.96. The van der Waals surface area contributed by atoms with Gasteiger partial charge >= 0.3 is 0 Å². The molecule has 2 rings (SSSR count). The fourth-order valence-electron chi connectivity index (χ4n) is 2.16. The quantitative estimate of drug-likeness (QED) is 0.807. The lowest BCUT2D eigenvalue weighted by Crippen LogP contribution is -2.29. The molecule has 17 heavy (non-hydrogen) atoms. The van der Waals surface area contributed by atoms with E-state index in [1.165, 1.54) is 12.1 Å². The Morgan fingerprint density at radius 3 is 3.12 bits per heavy atom. The highest BCUT2D eigenvalue weighted by atomic mass is 19.1. The van der Waals surface area contributed by atoms with E-state index in [0.29, 0.717) is 13.0 Å². The van der Waals surface area contributed by atoms with Crippen LogP contribution in [0.15, 0.2) is 18.2 Å².